The van der Waals surface area contributed by atoms with Crippen molar-refractivity contribution in [3.8, 4) is 34.1 Å². The van der Waals surface area contributed by atoms with Crippen LogP contribution in [0.2, 0.25) is 0 Å². The first-order valence-electron chi connectivity index (χ1n) is 19.8. The first-order valence-corrected chi connectivity index (χ1v) is 19.8. The fourth-order valence-electron chi connectivity index (χ4n) is 7.94. The molecule has 0 N–H and O–H groups in total. The van der Waals surface area contributed by atoms with Gasteiger partial charge in [-0.25, -0.2) is 9.67 Å². The van der Waals surface area contributed by atoms with Crippen LogP contribution in [-0.4, -0.2) is 19.3 Å². The van der Waals surface area contributed by atoms with E-state index >= 15 is 0 Å². The Morgan fingerprint density at radius 1 is 0.618 bits per heavy atom. The second-order valence-corrected chi connectivity index (χ2v) is 18.9. The summed E-state index contributed by atoms with van der Waals surface area (Å²) in [5, 5.41) is 7.64. The van der Waals surface area contributed by atoms with Crippen LogP contribution in [0.3, 0.4) is 0 Å². The largest absolute Gasteiger partial charge is 0.457 e. The van der Waals surface area contributed by atoms with Crippen molar-refractivity contribution in [3.63, 3.8) is 0 Å². The van der Waals surface area contributed by atoms with Gasteiger partial charge in [0.2, 0.25) is 0 Å². The van der Waals surface area contributed by atoms with Crippen LogP contribution in [0, 0.1) is 20.8 Å². The van der Waals surface area contributed by atoms with Gasteiger partial charge in [0.25, 0.3) is 0 Å². The molecular formula is C50H58N4O. The summed E-state index contributed by atoms with van der Waals surface area (Å²) >= 11 is 0. The summed E-state index contributed by atoms with van der Waals surface area (Å²) in [7, 11) is 0. The van der Waals surface area contributed by atoms with Crippen LogP contribution in [0.4, 0.5) is 0 Å². The van der Waals surface area contributed by atoms with E-state index in [2.05, 4.69) is 185 Å². The summed E-state index contributed by atoms with van der Waals surface area (Å²) in [6, 6.07) is 30.6. The Morgan fingerprint density at radius 3 is 1.89 bits per heavy atom. The number of aryl methyl sites for hydroxylation is 2. The molecule has 284 valence electrons. The van der Waals surface area contributed by atoms with E-state index in [0.29, 0.717) is 5.92 Å². The molecule has 3 heterocycles. The minimum absolute atomic E-state index is 0.0268. The van der Waals surface area contributed by atoms with Gasteiger partial charge in [-0.2, -0.15) is 5.10 Å². The average molecular weight is 731 g/mol. The maximum atomic E-state index is 6.81. The van der Waals surface area contributed by atoms with Crippen LogP contribution in [-0.2, 0) is 16.2 Å². The van der Waals surface area contributed by atoms with Crippen molar-refractivity contribution in [2.45, 2.75) is 119 Å². The molecule has 5 heteroatoms. The average Bonchev–Trinajstić information content (AvgIpc) is 3.58. The molecule has 0 aliphatic carbocycles. The molecule has 0 aliphatic rings. The van der Waals surface area contributed by atoms with Gasteiger partial charge >= 0.3 is 0 Å². The van der Waals surface area contributed by atoms with Crippen LogP contribution in [0.5, 0.6) is 11.5 Å². The van der Waals surface area contributed by atoms with E-state index in [1.54, 1.807) is 0 Å². The molecule has 0 atom stereocenters. The van der Waals surface area contributed by atoms with E-state index in [4.69, 9.17) is 14.8 Å². The second-order valence-electron chi connectivity index (χ2n) is 18.9. The third kappa shape index (κ3) is 7.10. The molecular weight excluding hydrogens is 673 g/mol. The molecule has 3 aromatic heterocycles. The molecule has 0 bridgehead atoms. The van der Waals surface area contributed by atoms with Crippen LogP contribution in [0.25, 0.3) is 44.4 Å². The van der Waals surface area contributed by atoms with Crippen LogP contribution < -0.4 is 4.74 Å². The Kier molecular flexibility index (Phi) is 9.39. The number of pyridine rings is 1. The Labute approximate surface area is 328 Å². The van der Waals surface area contributed by atoms with Crippen molar-refractivity contribution in [2.24, 2.45) is 0 Å². The highest BCUT2D eigenvalue weighted by Crippen LogP contribution is 2.46. The highest BCUT2D eigenvalue weighted by Gasteiger charge is 2.32. The number of hydrogen-bond acceptors (Lipinski definition) is 3. The molecule has 7 rings (SSSR count). The zero-order valence-electron chi connectivity index (χ0n) is 35.4. The Hall–Kier alpha value is -5.16. The first kappa shape index (κ1) is 38.1. The van der Waals surface area contributed by atoms with E-state index in [9.17, 15) is 0 Å². The summed E-state index contributed by atoms with van der Waals surface area (Å²) in [5.74, 6) is 2.74. The lowest BCUT2D eigenvalue weighted by atomic mass is 9.70. The lowest BCUT2D eigenvalue weighted by Crippen LogP contribution is -2.23. The fraction of sp³-hybridized carbons (Fsp3) is 0.360. The maximum Gasteiger partial charge on any atom is 0.137 e. The van der Waals surface area contributed by atoms with Crippen molar-refractivity contribution in [1.29, 1.82) is 0 Å². The number of rotatable bonds is 6. The Morgan fingerprint density at radius 2 is 1.27 bits per heavy atom. The fourth-order valence-corrected chi connectivity index (χ4v) is 7.94. The van der Waals surface area contributed by atoms with Crippen molar-refractivity contribution >= 4 is 21.8 Å². The zero-order valence-corrected chi connectivity index (χ0v) is 35.4. The Balaban J connectivity index is 1.38. The number of benzene rings is 4. The number of nitrogens with zero attached hydrogens (tertiary/aromatic N) is 4. The molecule has 0 amide bonds. The standard InChI is InChI=1S/C50H58N4O/c1-30(2)34-24-36(54-33(5)46(32(4)52-54)47-41(49(9,10)11)26-35(48(6,7)8)27-42(47)50(12,13)14)28-38(25-34)55-37-19-20-40-39-17-15-16-18-43(39)53(44(40)29-37)45-23-31(3)21-22-51-45/h15-30H,1-14H3. The van der Waals surface area contributed by atoms with Gasteiger partial charge in [-0.3, -0.25) is 4.57 Å². The molecule has 0 saturated carbocycles. The van der Waals surface area contributed by atoms with E-state index in [0.717, 1.165) is 50.8 Å². The first-order chi connectivity index (χ1) is 25.7. The number of fused-ring (bicyclic) bond motifs is 3. The van der Waals surface area contributed by atoms with Crippen LogP contribution >= 0.6 is 0 Å². The van der Waals surface area contributed by atoms with E-state index < -0.39 is 0 Å². The van der Waals surface area contributed by atoms with Crippen LogP contribution in [0.15, 0.2) is 91.1 Å². The van der Waals surface area contributed by atoms with Gasteiger partial charge in [0, 0.05) is 40.4 Å². The molecule has 4 aromatic carbocycles. The van der Waals surface area contributed by atoms with Gasteiger partial charge in [-0.05, 0) is 119 Å². The predicted octanol–water partition coefficient (Wildman–Crippen LogP) is 13.8. The van der Waals surface area contributed by atoms with Crippen molar-refractivity contribution in [3.05, 3.63) is 130 Å². The van der Waals surface area contributed by atoms with Gasteiger partial charge in [-0.1, -0.05) is 106 Å². The topological polar surface area (TPSA) is 44.9 Å². The molecule has 55 heavy (non-hydrogen) atoms. The number of ether oxygens (including phenoxy) is 1. The number of para-hydroxylation sites is 1. The molecule has 0 fully saturated rings. The van der Waals surface area contributed by atoms with Gasteiger partial charge in [0.15, 0.2) is 0 Å². The third-order valence-electron chi connectivity index (χ3n) is 11.0. The minimum atomic E-state index is -0.0711. The number of aromatic nitrogens is 4. The lowest BCUT2D eigenvalue weighted by molar-refractivity contribution is 0.481. The SMILES string of the molecule is Cc1ccnc(-n2c3ccccc3c3ccc(Oc4cc(C(C)C)cc(-n5nc(C)c(-c6c(C(C)(C)C)cc(C(C)(C)C)cc6C(C)(C)C)c5C)c4)cc32)c1. The summed E-state index contributed by atoms with van der Waals surface area (Å²) in [4.78, 5) is 4.78. The Bertz CT molecular complexity index is 2540. The highest BCUT2D eigenvalue weighted by molar-refractivity contribution is 6.09. The minimum Gasteiger partial charge on any atom is -0.457 e. The normalized spacial score (nSPS) is 12.7. The van der Waals surface area contributed by atoms with Crippen molar-refractivity contribution in [2.75, 3.05) is 0 Å². The number of hydrogen-bond donors (Lipinski definition) is 0. The van der Waals surface area contributed by atoms with Crippen molar-refractivity contribution in [1.82, 2.24) is 19.3 Å². The monoisotopic (exact) mass is 730 g/mol. The maximum absolute atomic E-state index is 6.81. The van der Waals surface area contributed by atoms with Gasteiger partial charge in [-0.15, -0.1) is 0 Å². The third-order valence-corrected chi connectivity index (χ3v) is 11.0. The molecule has 7 aromatic rings. The summed E-state index contributed by atoms with van der Waals surface area (Å²) in [6.07, 6.45) is 1.88. The van der Waals surface area contributed by atoms with Gasteiger partial charge in [0.05, 0.1) is 22.4 Å². The summed E-state index contributed by atoms with van der Waals surface area (Å²) in [5.41, 5.74) is 14.2. The smallest absolute Gasteiger partial charge is 0.137 e. The van der Waals surface area contributed by atoms with E-state index in [-0.39, 0.29) is 16.2 Å². The quantitative estimate of drug-likeness (QED) is 0.171. The summed E-state index contributed by atoms with van der Waals surface area (Å²) in [6.45, 7) is 31.9. The van der Waals surface area contributed by atoms with E-state index in [1.165, 1.54) is 44.3 Å². The summed E-state index contributed by atoms with van der Waals surface area (Å²) < 4.78 is 11.2. The molecule has 5 nitrogen and oxygen atoms in total. The molecule has 0 unspecified atom stereocenters. The predicted molar refractivity (Wildman–Crippen MR) is 232 cm³/mol. The lowest BCUT2D eigenvalue weighted by Gasteiger charge is -2.34. The molecule has 0 spiro atoms. The van der Waals surface area contributed by atoms with E-state index in [1.807, 2.05) is 12.3 Å². The zero-order chi connectivity index (χ0) is 39.8. The molecule has 0 radical (unpaired) electrons. The van der Waals surface area contributed by atoms with Gasteiger partial charge in [0.1, 0.15) is 17.3 Å². The second kappa shape index (κ2) is 13.5. The van der Waals surface area contributed by atoms with Crippen molar-refractivity contribution < 1.29 is 4.74 Å². The van der Waals surface area contributed by atoms with Crippen LogP contribution in [0.1, 0.15) is 121 Å². The van der Waals surface area contributed by atoms with Gasteiger partial charge < -0.3 is 4.74 Å². The highest BCUT2D eigenvalue weighted by atomic mass is 16.5. The molecule has 0 saturated heterocycles. The molecule has 0 aliphatic heterocycles.